The van der Waals surface area contributed by atoms with Gasteiger partial charge in [0.2, 0.25) is 0 Å². The molecule has 1 amide bonds. The average molecular weight is 343 g/mol. The van der Waals surface area contributed by atoms with E-state index in [-0.39, 0.29) is 12.5 Å². The molecule has 0 aromatic heterocycles. The van der Waals surface area contributed by atoms with Crippen LogP contribution in [-0.4, -0.2) is 17.4 Å². The zero-order valence-electron chi connectivity index (χ0n) is 11.7. The first-order valence-corrected chi connectivity index (χ1v) is 7.37. The third-order valence-electron chi connectivity index (χ3n) is 3.18. The monoisotopic (exact) mass is 342 g/mol. The van der Waals surface area contributed by atoms with Gasteiger partial charge in [-0.25, -0.2) is 0 Å². The average Bonchev–Trinajstić information content (AvgIpc) is 2.50. The summed E-state index contributed by atoms with van der Waals surface area (Å²) in [5.41, 5.74) is 2.66. The molecule has 0 heterocycles. The van der Waals surface area contributed by atoms with Gasteiger partial charge in [-0.05, 0) is 30.2 Å². The molecule has 0 fully saturated rings. The summed E-state index contributed by atoms with van der Waals surface area (Å²) in [4.78, 5) is 14.1. The Labute approximate surface area is 132 Å². The van der Waals surface area contributed by atoms with Gasteiger partial charge < -0.3 is 4.90 Å². The lowest BCUT2D eigenvalue weighted by Gasteiger charge is -2.20. The van der Waals surface area contributed by atoms with Crippen LogP contribution in [0.25, 0.3) is 0 Å². The van der Waals surface area contributed by atoms with Gasteiger partial charge in [0.1, 0.15) is 6.54 Å². The van der Waals surface area contributed by atoms with Gasteiger partial charge in [-0.15, -0.1) is 0 Å². The second-order valence-electron chi connectivity index (χ2n) is 4.77. The Morgan fingerprint density at radius 2 is 1.95 bits per heavy atom. The van der Waals surface area contributed by atoms with Crippen molar-refractivity contribution in [3.05, 3.63) is 69.7 Å². The van der Waals surface area contributed by atoms with E-state index in [9.17, 15) is 4.79 Å². The van der Waals surface area contributed by atoms with E-state index in [0.717, 1.165) is 15.6 Å². The highest BCUT2D eigenvalue weighted by Crippen LogP contribution is 2.19. The van der Waals surface area contributed by atoms with E-state index < -0.39 is 0 Å². The highest BCUT2D eigenvalue weighted by Gasteiger charge is 2.16. The molecule has 2 aromatic rings. The molecule has 106 valence electrons. The van der Waals surface area contributed by atoms with Crippen LogP contribution in [0.4, 0.5) is 0 Å². The number of nitrogens with zero attached hydrogens (tertiary/aromatic N) is 2. The van der Waals surface area contributed by atoms with Crippen molar-refractivity contribution >= 4 is 21.8 Å². The van der Waals surface area contributed by atoms with Crippen LogP contribution in [0.15, 0.2) is 53.0 Å². The van der Waals surface area contributed by atoms with Gasteiger partial charge in [0.05, 0.1) is 6.07 Å². The number of nitriles is 1. The summed E-state index contributed by atoms with van der Waals surface area (Å²) < 4.78 is 0.893. The topological polar surface area (TPSA) is 44.1 Å². The number of carbonyl (C=O) groups excluding carboxylic acids is 1. The van der Waals surface area contributed by atoms with Gasteiger partial charge in [-0.2, -0.15) is 5.26 Å². The number of hydrogen-bond acceptors (Lipinski definition) is 2. The number of hydrogen-bond donors (Lipinski definition) is 0. The standard InChI is InChI=1S/C17H15BrN2O/c1-13-7-8-15(11-16(13)18)17(21)20(10-9-19)12-14-5-3-2-4-6-14/h2-8,11H,10,12H2,1H3. The molecule has 0 aliphatic rings. The van der Waals surface area contributed by atoms with Crippen molar-refractivity contribution in [2.45, 2.75) is 13.5 Å². The van der Waals surface area contributed by atoms with Crippen molar-refractivity contribution in [3.63, 3.8) is 0 Å². The molecule has 2 aromatic carbocycles. The van der Waals surface area contributed by atoms with Crippen LogP contribution in [0.3, 0.4) is 0 Å². The molecule has 0 unspecified atom stereocenters. The van der Waals surface area contributed by atoms with Gasteiger partial charge >= 0.3 is 0 Å². The third-order valence-corrected chi connectivity index (χ3v) is 4.04. The van der Waals surface area contributed by atoms with Crippen molar-refractivity contribution in [1.82, 2.24) is 4.90 Å². The van der Waals surface area contributed by atoms with Crippen molar-refractivity contribution in [2.75, 3.05) is 6.54 Å². The Kier molecular flexibility index (Phi) is 5.13. The zero-order valence-corrected chi connectivity index (χ0v) is 13.3. The van der Waals surface area contributed by atoms with Gasteiger partial charge in [-0.1, -0.05) is 52.3 Å². The Balaban J connectivity index is 2.23. The van der Waals surface area contributed by atoms with Gasteiger partial charge in [0, 0.05) is 16.6 Å². The van der Waals surface area contributed by atoms with Crippen LogP contribution in [-0.2, 0) is 6.54 Å². The maximum Gasteiger partial charge on any atom is 0.255 e. The van der Waals surface area contributed by atoms with Crippen LogP contribution in [0.1, 0.15) is 21.5 Å². The molecule has 3 nitrogen and oxygen atoms in total. The first-order valence-electron chi connectivity index (χ1n) is 6.58. The molecule has 0 atom stereocenters. The summed E-state index contributed by atoms with van der Waals surface area (Å²) in [6.07, 6.45) is 0. The van der Waals surface area contributed by atoms with E-state index in [1.807, 2.05) is 43.3 Å². The molecule has 0 aliphatic carbocycles. The number of rotatable bonds is 4. The molecule has 0 spiro atoms. The maximum absolute atomic E-state index is 12.6. The Hall–Kier alpha value is -2.12. The van der Waals surface area contributed by atoms with E-state index in [1.54, 1.807) is 17.0 Å². The van der Waals surface area contributed by atoms with Crippen LogP contribution in [0, 0.1) is 18.3 Å². The van der Waals surface area contributed by atoms with Gasteiger partial charge in [0.15, 0.2) is 0 Å². The molecular weight excluding hydrogens is 328 g/mol. The lowest BCUT2D eigenvalue weighted by atomic mass is 10.1. The number of amides is 1. The first kappa shape index (κ1) is 15.3. The first-order chi connectivity index (χ1) is 10.1. The molecule has 21 heavy (non-hydrogen) atoms. The van der Waals surface area contributed by atoms with Gasteiger partial charge in [0.25, 0.3) is 5.91 Å². The zero-order chi connectivity index (χ0) is 15.2. The summed E-state index contributed by atoms with van der Waals surface area (Å²) >= 11 is 3.43. The lowest BCUT2D eigenvalue weighted by molar-refractivity contribution is 0.0765. The fourth-order valence-electron chi connectivity index (χ4n) is 2.00. The van der Waals surface area contributed by atoms with Crippen LogP contribution >= 0.6 is 15.9 Å². The van der Waals surface area contributed by atoms with E-state index in [0.29, 0.717) is 12.1 Å². The number of halogens is 1. The maximum atomic E-state index is 12.6. The third kappa shape index (κ3) is 3.93. The summed E-state index contributed by atoms with van der Waals surface area (Å²) in [5, 5.41) is 8.96. The largest absolute Gasteiger partial charge is 0.321 e. The van der Waals surface area contributed by atoms with Crippen molar-refractivity contribution in [3.8, 4) is 6.07 Å². The molecular formula is C17H15BrN2O. The smallest absolute Gasteiger partial charge is 0.255 e. The minimum absolute atomic E-state index is 0.0687. The molecule has 0 N–H and O–H groups in total. The predicted molar refractivity (Wildman–Crippen MR) is 85.7 cm³/mol. The van der Waals surface area contributed by atoms with Crippen molar-refractivity contribution in [2.24, 2.45) is 0 Å². The van der Waals surface area contributed by atoms with Crippen molar-refractivity contribution < 1.29 is 4.79 Å². The van der Waals surface area contributed by atoms with Crippen LogP contribution in [0.5, 0.6) is 0 Å². The molecule has 4 heteroatoms. The highest BCUT2D eigenvalue weighted by atomic mass is 79.9. The van der Waals surface area contributed by atoms with Crippen molar-refractivity contribution in [1.29, 1.82) is 5.26 Å². The Morgan fingerprint density at radius 1 is 1.24 bits per heavy atom. The molecule has 0 aliphatic heterocycles. The second-order valence-corrected chi connectivity index (χ2v) is 5.62. The SMILES string of the molecule is Cc1ccc(C(=O)N(CC#N)Cc2ccccc2)cc1Br. The highest BCUT2D eigenvalue weighted by molar-refractivity contribution is 9.10. The molecule has 2 rings (SSSR count). The fraction of sp³-hybridized carbons (Fsp3) is 0.176. The van der Waals surface area contributed by atoms with E-state index in [2.05, 4.69) is 22.0 Å². The number of benzene rings is 2. The number of aryl methyl sites for hydroxylation is 1. The Morgan fingerprint density at radius 3 is 2.57 bits per heavy atom. The summed E-state index contributed by atoms with van der Waals surface area (Å²) in [6, 6.07) is 17.2. The number of carbonyl (C=O) groups is 1. The second kappa shape index (κ2) is 7.05. The molecule has 0 bridgehead atoms. The molecule has 0 saturated heterocycles. The van der Waals surface area contributed by atoms with E-state index >= 15 is 0 Å². The molecule has 0 radical (unpaired) electrons. The minimum atomic E-state index is -0.138. The van der Waals surface area contributed by atoms with Crippen LogP contribution in [0.2, 0.25) is 0 Å². The summed E-state index contributed by atoms with van der Waals surface area (Å²) in [7, 11) is 0. The molecule has 0 saturated carbocycles. The summed E-state index contributed by atoms with van der Waals surface area (Å²) in [5.74, 6) is -0.138. The predicted octanol–water partition coefficient (Wildman–Crippen LogP) is 3.92. The van der Waals surface area contributed by atoms with E-state index in [1.165, 1.54) is 0 Å². The fourth-order valence-corrected chi connectivity index (χ4v) is 2.38. The quantitative estimate of drug-likeness (QED) is 0.790. The van der Waals surface area contributed by atoms with Gasteiger partial charge in [-0.3, -0.25) is 4.79 Å². The normalized spacial score (nSPS) is 9.95. The minimum Gasteiger partial charge on any atom is -0.321 e. The lowest BCUT2D eigenvalue weighted by Crippen LogP contribution is -2.31. The van der Waals surface area contributed by atoms with E-state index in [4.69, 9.17) is 5.26 Å². The summed E-state index contributed by atoms with van der Waals surface area (Å²) in [6.45, 7) is 2.47. The Bertz CT molecular complexity index is 677. The van der Waals surface area contributed by atoms with Crippen LogP contribution < -0.4 is 0 Å².